The van der Waals surface area contributed by atoms with Crippen molar-refractivity contribution in [1.82, 2.24) is 14.5 Å². The van der Waals surface area contributed by atoms with Gasteiger partial charge in [-0.2, -0.15) is 0 Å². The van der Waals surface area contributed by atoms with Crippen molar-refractivity contribution in [3.8, 4) is 0 Å². The summed E-state index contributed by atoms with van der Waals surface area (Å²) in [6, 6.07) is 4.52. The lowest BCUT2D eigenvalue weighted by atomic mass is 10.0. The lowest BCUT2D eigenvalue weighted by Gasteiger charge is -2.33. The third kappa shape index (κ3) is 2.69. The zero-order valence-electron chi connectivity index (χ0n) is 12.8. The minimum atomic E-state index is -0.736. The SMILES string of the molecule is COC(=O)C1Cc2ncn(C)c2CN1C(=O)c1ccc(F)cc1. The van der Waals surface area contributed by atoms with E-state index in [2.05, 4.69) is 4.98 Å². The Bertz CT molecular complexity index is 754. The summed E-state index contributed by atoms with van der Waals surface area (Å²) in [6.45, 7) is 0.252. The first kappa shape index (κ1) is 15.2. The number of carbonyl (C=O) groups is 2. The molecular formula is C16H16FN3O3. The van der Waals surface area contributed by atoms with Crippen LogP contribution in [0, 0.1) is 5.82 Å². The van der Waals surface area contributed by atoms with Gasteiger partial charge in [-0.1, -0.05) is 0 Å². The Hall–Kier alpha value is -2.70. The molecular weight excluding hydrogens is 301 g/mol. The van der Waals surface area contributed by atoms with Gasteiger partial charge in [-0.15, -0.1) is 0 Å². The second kappa shape index (κ2) is 5.83. The number of carbonyl (C=O) groups excluding carboxylic acids is 2. The number of halogens is 1. The Morgan fingerprint density at radius 3 is 2.65 bits per heavy atom. The summed E-state index contributed by atoms with van der Waals surface area (Å²) < 4.78 is 19.7. The van der Waals surface area contributed by atoms with E-state index in [0.29, 0.717) is 12.0 Å². The number of ether oxygens (including phenoxy) is 1. The van der Waals surface area contributed by atoms with E-state index in [9.17, 15) is 14.0 Å². The number of aromatic nitrogens is 2. The van der Waals surface area contributed by atoms with Crippen molar-refractivity contribution >= 4 is 11.9 Å². The number of esters is 1. The van der Waals surface area contributed by atoms with E-state index < -0.39 is 17.8 Å². The van der Waals surface area contributed by atoms with Crippen LogP contribution in [-0.4, -0.2) is 39.5 Å². The van der Waals surface area contributed by atoms with Crippen LogP contribution in [0.4, 0.5) is 4.39 Å². The van der Waals surface area contributed by atoms with Crippen molar-refractivity contribution in [2.45, 2.75) is 19.0 Å². The molecule has 1 atom stereocenters. The summed E-state index contributed by atoms with van der Waals surface area (Å²) in [5.41, 5.74) is 1.98. The number of hydrogen-bond donors (Lipinski definition) is 0. The molecule has 0 saturated heterocycles. The maximum atomic E-state index is 13.0. The van der Waals surface area contributed by atoms with Crippen molar-refractivity contribution in [3.63, 3.8) is 0 Å². The van der Waals surface area contributed by atoms with Crippen LogP contribution in [0.5, 0.6) is 0 Å². The van der Waals surface area contributed by atoms with Crippen molar-refractivity contribution in [1.29, 1.82) is 0 Å². The maximum absolute atomic E-state index is 13.0. The van der Waals surface area contributed by atoms with E-state index in [1.165, 1.54) is 36.3 Å². The Morgan fingerprint density at radius 1 is 1.30 bits per heavy atom. The molecule has 1 aliphatic heterocycles. The number of methoxy groups -OCH3 is 1. The van der Waals surface area contributed by atoms with Crippen molar-refractivity contribution in [2.75, 3.05) is 7.11 Å². The Kier molecular flexibility index (Phi) is 3.85. The van der Waals surface area contributed by atoms with Crippen LogP contribution in [0.25, 0.3) is 0 Å². The number of aryl methyl sites for hydroxylation is 1. The fraction of sp³-hybridized carbons (Fsp3) is 0.312. The lowest BCUT2D eigenvalue weighted by Crippen LogP contribution is -2.49. The molecule has 0 saturated carbocycles. The maximum Gasteiger partial charge on any atom is 0.329 e. The summed E-state index contributed by atoms with van der Waals surface area (Å²) in [5.74, 6) is -1.25. The van der Waals surface area contributed by atoms with Crippen LogP contribution in [0.3, 0.4) is 0 Å². The largest absolute Gasteiger partial charge is 0.467 e. The van der Waals surface area contributed by atoms with Gasteiger partial charge in [0, 0.05) is 19.0 Å². The van der Waals surface area contributed by atoms with Gasteiger partial charge in [-0.05, 0) is 24.3 Å². The zero-order valence-corrected chi connectivity index (χ0v) is 12.8. The standard InChI is InChI=1S/C16H16FN3O3/c1-19-9-18-12-7-13(16(22)23-2)20(8-14(12)19)15(21)10-3-5-11(17)6-4-10/h3-6,9,13H,7-8H2,1-2H3. The predicted octanol–water partition coefficient (Wildman–Crippen LogP) is 1.30. The van der Waals surface area contributed by atoms with E-state index in [1.807, 2.05) is 11.6 Å². The van der Waals surface area contributed by atoms with Gasteiger partial charge in [-0.3, -0.25) is 4.79 Å². The molecule has 6 nitrogen and oxygen atoms in total. The van der Waals surface area contributed by atoms with Crippen molar-refractivity contribution in [2.24, 2.45) is 7.05 Å². The van der Waals surface area contributed by atoms with Crippen LogP contribution in [0.2, 0.25) is 0 Å². The predicted molar refractivity (Wildman–Crippen MR) is 79.0 cm³/mol. The molecule has 0 N–H and O–H groups in total. The minimum Gasteiger partial charge on any atom is -0.467 e. The third-order valence-corrected chi connectivity index (χ3v) is 4.05. The van der Waals surface area contributed by atoms with E-state index in [-0.39, 0.29) is 12.5 Å². The van der Waals surface area contributed by atoms with Crippen LogP contribution >= 0.6 is 0 Å². The Balaban J connectivity index is 1.96. The third-order valence-electron chi connectivity index (χ3n) is 4.05. The van der Waals surface area contributed by atoms with Gasteiger partial charge in [0.25, 0.3) is 5.91 Å². The van der Waals surface area contributed by atoms with Gasteiger partial charge >= 0.3 is 5.97 Å². The van der Waals surface area contributed by atoms with Crippen molar-refractivity contribution in [3.05, 3.63) is 53.4 Å². The molecule has 23 heavy (non-hydrogen) atoms. The molecule has 0 radical (unpaired) electrons. The smallest absolute Gasteiger partial charge is 0.329 e. The molecule has 0 aliphatic carbocycles. The molecule has 0 bridgehead atoms. The molecule has 1 amide bonds. The van der Waals surface area contributed by atoms with Gasteiger partial charge in [0.1, 0.15) is 11.9 Å². The van der Waals surface area contributed by atoms with Crippen LogP contribution < -0.4 is 0 Å². The van der Waals surface area contributed by atoms with Crippen molar-refractivity contribution < 1.29 is 18.7 Å². The van der Waals surface area contributed by atoms with Gasteiger partial charge < -0.3 is 14.2 Å². The van der Waals surface area contributed by atoms with Gasteiger partial charge in [0.05, 0.1) is 31.4 Å². The molecule has 2 heterocycles. The average molecular weight is 317 g/mol. The summed E-state index contributed by atoms with van der Waals surface area (Å²) in [6.07, 6.45) is 1.96. The van der Waals surface area contributed by atoms with E-state index in [1.54, 1.807) is 6.33 Å². The van der Waals surface area contributed by atoms with E-state index in [0.717, 1.165) is 11.4 Å². The second-order valence-corrected chi connectivity index (χ2v) is 5.43. The zero-order chi connectivity index (χ0) is 16.6. The number of hydrogen-bond acceptors (Lipinski definition) is 4. The Labute approximate surface area is 132 Å². The summed E-state index contributed by atoms with van der Waals surface area (Å²) in [5, 5.41) is 0. The number of fused-ring (bicyclic) bond motifs is 1. The van der Waals surface area contributed by atoms with Gasteiger partial charge in [0.2, 0.25) is 0 Å². The quantitative estimate of drug-likeness (QED) is 0.783. The first-order valence-corrected chi connectivity index (χ1v) is 7.14. The van der Waals surface area contributed by atoms with Crippen LogP contribution in [-0.2, 0) is 29.5 Å². The van der Waals surface area contributed by atoms with Gasteiger partial charge in [0.15, 0.2) is 0 Å². The summed E-state index contributed by atoms with van der Waals surface area (Å²) >= 11 is 0. The van der Waals surface area contributed by atoms with Crippen LogP contribution in [0.1, 0.15) is 21.7 Å². The molecule has 2 aromatic rings. The monoisotopic (exact) mass is 317 g/mol. The average Bonchev–Trinajstić information content (AvgIpc) is 2.93. The number of amides is 1. The number of benzene rings is 1. The normalized spacial score (nSPS) is 16.8. The molecule has 0 fully saturated rings. The first-order valence-electron chi connectivity index (χ1n) is 7.14. The molecule has 1 aliphatic rings. The van der Waals surface area contributed by atoms with Gasteiger partial charge in [-0.25, -0.2) is 14.2 Å². The summed E-state index contributed by atoms with van der Waals surface area (Å²) in [4.78, 5) is 30.5. The Morgan fingerprint density at radius 2 is 2.00 bits per heavy atom. The molecule has 120 valence electrons. The number of nitrogens with zero attached hydrogens (tertiary/aromatic N) is 3. The molecule has 1 unspecified atom stereocenters. The number of rotatable bonds is 2. The highest BCUT2D eigenvalue weighted by Crippen LogP contribution is 2.24. The molecule has 0 spiro atoms. The number of imidazole rings is 1. The van der Waals surface area contributed by atoms with Crippen LogP contribution in [0.15, 0.2) is 30.6 Å². The molecule has 7 heteroatoms. The molecule has 1 aromatic carbocycles. The molecule has 1 aromatic heterocycles. The fourth-order valence-corrected chi connectivity index (χ4v) is 2.76. The first-order chi connectivity index (χ1) is 11.0. The highest BCUT2D eigenvalue weighted by atomic mass is 19.1. The highest BCUT2D eigenvalue weighted by molar-refractivity contribution is 5.97. The topological polar surface area (TPSA) is 64.4 Å². The van der Waals surface area contributed by atoms with E-state index >= 15 is 0 Å². The lowest BCUT2D eigenvalue weighted by molar-refractivity contribution is -0.146. The highest BCUT2D eigenvalue weighted by Gasteiger charge is 2.37. The minimum absolute atomic E-state index is 0.252. The second-order valence-electron chi connectivity index (χ2n) is 5.43. The molecule has 3 rings (SSSR count). The fourth-order valence-electron chi connectivity index (χ4n) is 2.76. The summed E-state index contributed by atoms with van der Waals surface area (Å²) in [7, 11) is 3.13. The van der Waals surface area contributed by atoms with E-state index in [4.69, 9.17) is 4.74 Å².